The smallest absolute Gasteiger partial charge is 0.174 e. The maximum absolute atomic E-state index is 6.04. The van der Waals surface area contributed by atoms with Gasteiger partial charge in [0.05, 0.1) is 5.21 Å². The van der Waals surface area contributed by atoms with Crippen LogP contribution in [0.5, 0.6) is 0 Å². The molecule has 86 valence electrons. The summed E-state index contributed by atoms with van der Waals surface area (Å²) >= 11 is 22.7. The molecule has 1 aliphatic heterocycles. The number of rotatable bonds is 1. The minimum absolute atomic E-state index is 0. The number of halogens is 8. The van der Waals surface area contributed by atoms with Gasteiger partial charge in [-0.1, -0.05) is 34.8 Å². The third-order valence-electron chi connectivity index (χ3n) is 1.39. The largest absolute Gasteiger partial charge is 0.215 e. The minimum Gasteiger partial charge on any atom is -0.215 e. The average Bonchev–Trinajstić information content (AvgIpc) is 2.14. The number of aliphatic imine (C=N–C) groups is 1. The molecular weight excluding hydrogens is 378 g/mol. The van der Waals surface area contributed by atoms with Crippen molar-refractivity contribution in [1.29, 1.82) is 0 Å². The summed E-state index contributed by atoms with van der Waals surface area (Å²) < 4.78 is -0.471. The van der Waals surface area contributed by atoms with Gasteiger partial charge in [0.25, 0.3) is 0 Å². The van der Waals surface area contributed by atoms with Crippen molar-refractivity contribution < 1.29 is 0 Å². The maximum Gasteiger partial charge on any atom is 0.174 e. The van der Waals surface area contributed by atoms with Gasteiger partial charge in [0.15, 0.2) is 9.66 Å². The molecule has 0 aromatic heterocycles. The fourth-order valence-corrected chi connectivity index (χ4v) is 5.79. The fourth-order valence-electron chi connectivity index (χ4n) is 0.592. The molecule has 0 fully saturated rings. The van der Waals surface area contributed by atoms with E-state index in [1.807, 2.05) is 0 Å². The Balaban J connectivity index is 0.00000169. The van der Waals surface area contributed by atoms with Gasteiger partial charge in [-0.2, -0.15) is 0 Å². The lowest BCUT2D eigenvalue weighted by Gasteiger charge is -2.56. The highest BCUT2D eigenvalue weighted by Crippen LogP contribution is 3.09. The standard InChI is InChI=1S/C4H2Cl7NS.ClH/c5-1-13(9,10,11)3(7)2(6)12-4(13)8;/h1H2;1H. The molecule has 0 unspecified atom stereocenters. The summed E-state index contributed by atoms with van der Waals surface area (Å²) in [5.41, 5.74) is 0. The highest BCUT2D eigenvalue weighted by atomic mass is 36.2. The zero-order valence-corrected chi connectivity index (χ0v) is 13.0. The molecule has 0 saturated carbocycles. The Morgan fingerprint density at radius 2 is 1.50 bits per heavy atom. The molecule has 0 aromatic rings. The molecular formula is C4H3Cl8NS. The summed E-state index contributed by atoms with van der Waals surface area (Å²) in [7, 11) is 18.1. The first-order chi connectivity index (χ1) is 5.57. The molecule has 14 heavy (non-hydrogen) atoms. The van der Waals surface area contributed by atoms with E-state index in [1.165, 1.54) is 0 Å². The second-order valence-electron chi connectivity index (χ2n) is 2.39. The Labute approximate surface area is 120 Å². The van der Waals surface area contributed by atoms with Crippen molar-refractivity contribution in [3.05, 3.63) is 9.52 Å². The van der Waals surface area contributed by atoms with Gasteiger partial charge in [0, 0.05) is 0 Å². The molecule has 1 nitrogen and oxygen atoms in total. The van der Waals surface area contributed by atoms with Crippen LogP contribution in [-0.2, 0) is 0 Å². The monoisotopic (exact) mass is 377 g/mol. The van der Waals surface area contributed by atoms with Crippen molar-refractivity contribution in [3.63, 3.8) is 0 Å². The highest BCUT2D eigenvalue weighted by molar-refractivity contribution is 9.13. The molecule has 0 radical (unpaired) electrons. The quantitative estimate of drug-likeness (QED) is 0.382. The lowest BCUT2D eigenvalue weighted by Crippen LogP contribution is -2.21. The van der Waals surface area contributed by atoms with Crippen molar-refractivity contribution in [3.8, 4) is 0 Å². The second kappa shape index (κ2) is 3.79. The van der Waals surface area contributed by atoms with Crippen LogP contribution in [-0.4, -0.2) is 9.71 Å². The van der Waals surface area contributed by atoms with E-state index in [0.29, 0.717) is 0 Å². The van der Waals surface area contributed by atoms with E-state index >= 15 is 0 Å². The topological polar surface area (TPSA) is 12.4 Å². The van der Waals surface area contributed by atoms with Crippen molar-refractivity contribution in [1.82, 2.24) is 0 Å². The zero-order valence-electron chi connectivity index (χ0n) is 6.12. The predicted octanol–water partition coefficient (Wildman–Crippen LogP) is 6.15. The lowest BCUT2D eigenvalue weighted by molar-refractivity contribution is 1.57. The first-order valence-corrected chi connectivity index (χ1v) is 9.46. The summed E-state index contributed by atoms with van der Waals surface area (Å²) in [5, 5.41) is -0.504. The third kappa shape index (κ3) is 1.96. The van der Waals surface area contributed by atoms with Crippen LogP contribution in [0.15, 0.2) is 14.5 Å². The van der Waals surface area contributed by atoms with Gasteiger partial charge in [0.2, 0.25) is 0 Å². The molecule has 1 aliphatic rings. The molecule has 0 bridgehead atoms. The first-order valence-electron chi connectivity index (χ1n) is 2.69. The molecule has 0 aliphatic carbocycles. The average molecular weight is 381 g/mol. The highest BCUT2D eigenvalue weighted by Gasteiger charge is 2.67. The summed E-state index contributed by atoms with van der Waals surface area (Å²) in [6, 6.07) is 0. The summed E-state index contributed by atoms with van der Waals surface area (Å²) in [5.74, 6) is -4.53. The van der Waals surface area contributed by atoms with E-state index in [4.69, 9.17) is 78.5 Å². The van der Waals surface area contributed by atoms with E-state index in [-0.39, 0.29) is 31.6 Å². The lowest BCUT2D eigenvalue weighted by atomic mass is 11.0. The molecule has 0 amide bonds. The van der Waals surface area contributed by atoms with Crippen molar-refractivity contribution in [2.24, 2.45) is 4.99 Å². The Kier molecular flexibility index (Phi) is 4.35. The Hall–Kier alpha value is 2.08. The summed E-state index contributed by atoms with van der Waals surface area (Å²) in [6.45, 7) is 0. The molecule has 0 saturated heterocycles. The van der Waals surface area contributed by atoms with Gasteiger partial charge in [-0.25, -0.2) is 4.99 Å². The maximum atomic E-state index is 6.04. The summed E-state index contributed by atoms with van der Waals surface area (Å²) in [6.07, 6.45) is 0. The second-order valence-corrected chi connectivity index (χ2v) is 17.3. The van der Waals surface area contributed by atoms with E-state index in [2.05, 4.69) is 4.99 Å². The van der Waals surface area contributed by atoms with Crippen LogP contribution in [0.4, 0.5) is 0 Å². The SMILES string of the molecule is Cl.ClCS1(Cl)(Cl)(Cl)C(Cl)=NC(Cl)=C1Cl. The molecule has 10 heteroatoms. The molecule has 1 rings (SSSR count). The van der Waals surface area contributed by atoms with E-state index < -0.39 is 5.93 Å². The molecule has 0 atom stereocenters. The molecule has 0 N–H and O–H groups in total. The Morgan fingerprint density at radius 1 is 1.07 bits per heavy atom. The number of alkyl halides is 1. The van der Waals surface area contributed by atoms with E-state index in [1.54, 1.807) is 0 Å². The van der Waals surface area contributed by atoms with E-state index in [0.717, 1.165) is 0 Å². The van der Waals surface area contributed by atoms with Gasteiger partial charge in [-0.3, -0.25) is 0 Å². The van der Waals surface area contributed by atoms with Crippen LogP contribution in [0.2, 0.25) is 0 Å². The normalized spacial score (nSPS) is 31.8. The van der Waals surface area contributed by atoms with Crippen LogP contribution in [0, 0.1) is 0 Å². The van der Waals surface area contributed by atoms with Crippen LogP contribution in [0.1, 0.15) is 0 Å². The van der Waals surface area contributed by atoms with Crippen LogP contribution < -0.4 is 0 Å². The zero-order chi connectivity index (χ0) is 10.6. The van der Waals surface area contributed by atoms with Gasteiger partial charge in [-0.05, 0) is 38.0 Å². The first kappa shape index (κ1) is 16.1. The Bertz CT molecular complexity index is 347. The van der Waals surface area contributed by atoms with E-state index in [9.17, 15) is 0 Å². The number of nitrogens with zero attached hydrogens (tertiary/aromatic N) is 1. The summed E-state index contributed by atoms with van der Waals surface area (Å²) in [4.78, 5) is 3.60. The van der Waals surface area contributed by atoms with Gasteiger partial charge in [0.1, 0.15) is 4.36 Å². The Morgan fingerprint density at radius 3 is 1.64 bits per heavy atom. The fraction of sp³-hybridized carbons (Fsp3) is 0.250. The minimum atomic E-state index is -4.53. The van der Waals surface area contributed by atoms with Crippen molar-refractivity contribution >= 4 is 101 Å². The van der Waals surface area contributed by atoms with Gasteiger partial charge in [-0.15, -0.1) is 24.0 Å². The number of hydrogen-bond acceptors (Lipinski definition) is 1. The van der Waals surface area contributed by atoms with Crippen LogP contribution in [0.25, 0.3) is 0 Å². The van der Waals surface area contributed by atoms with Crippen LogP contribution in [0.3, 0.4) is 0 Å². The van der Waals surface area contributed by atoms with Crippen molar-refractivity contribution in [2.75, 3.05) is 5.21 Å². The molecule has 0 spiro atoms. The van der Waals surface area contributed by atoms with Crippen molar-refractivity contribution in [2.45, 2.75) is 0 Å². The van der Waals surface area contributed by atoms with Gasteiger partial charge < -0.3 is 0 Å². The third-order valence-corrected chi connectivity index (χ3v) is 14.8. The number of hydrogen-bond donors (Lipinski definition) is 0. The van der Waals surface area contributed by atoms with Crippen LogP contribution >= 0.6 is 96.8 Å². The van der Waals surface area contributed by atoms with Gasteiger partial charge >= 0.3 is 0 Å². The molecule has 1 heterocycles. The molecule has 0 aromatic carbocycles. The predicted molar refractivity (Wildman–Crippen MR) is 75.1 cm³/mol.